The van der Waals surface area contributed by atoms with E-state index in [-0.39, 0.29) is 5.54 Å². The number of hydrogen-bond acceptors (Lipinski definition) is 3. The molecule has 1 atom stereocenters. The van der Waals surface area contributed by atoms with Crippen LogP contribution < -0.4 is 5.32 Å². The molecule has 2 N–H and O–H groups in total. The molecule has 1 fully saturated rings. The van der Waals surface area contributed by atoms with Crippen molar-refractivity contribution < 1.29 is 14.6 Å². The predicted molar refractivity (Wildman–Crippen MR) is 77.8 cm³/mol. The van der Waals surface area contributed by atoms with Gasteiger partial charge in [-0.05, 0) is 37.8 Å². The van der Waals surface area contributed by atoms with Crippen LogP contribution in [0.1, 0.15) is 43.7 Å². The van der Waals surface area contributed by atoms with Gasteiger partial charge in [0.25, 0.3) is 0 Å². The lowest BCUT2D eigenvalue weighted by Gasteiger charge is -2.34. The Morgan fingerprint density at radius 3 is 2.50 bits per heavy atom. The second-order valence-corrected chi connectivity index (χ2v) is 5.83. The largest absolute Gasteiger partial charge is 0.481 e. The zero-order chi connectivity index (χ0) is 14.6. The zero-order valence-electron chi connectivity index (χ0n) is 12.2. The molecule has 1 aromatic carbocycles. The summed E-state index contributed by atoms with van der Waals surface area (Å²) >= 11 is 0. The summed E-state index contributed by atoms with van der Waals surface area (Å²) in [7, 11) is 0. The predicted octanol–water partition coefficient (Wildman–Crippen LogP) is 2.53. The third-order valence-electron chi connectivity index (χ3n) is 4.17. The van der Waals surface area contributed by atoms with Crippen LogP contribution >= 0.6 is 0 Å². The second-order valence-electron chi connectivity index (χ2n) is 5.83. The van der Waals surface area contributed by atoms with Crippen LogP contribution in [0.2, 0.25) is 0 Å². The highest BCUT2D eigenvalue weighted by Gasteiger charge is 2.26. The van der Waals surface area contributed by atoms with Gasteiger partial charge in [-0.2, -0.15) is 0 Å². The van der Waals surface area contributed by atoms with Crippen LogP contribution in [0.4, 0.5) is 0 Å². The smallest absolute Gasteiger partial charge is 0.310 e. The number of aliphatic carboxylic acids is 1. The van der Waals surface area contributed by atoms with Crippen LogP contribution in [-0.2, 0) is 16.1 Å². The Labute approximate surface area is 120 Å². The molecule has 0 bridgehead atoms. The molecule has 110 valence electrons. The van der Waals surface area contributed by atoms with E-state index < -0.39 is 11.9 Å². The minimum absolute atomic E-state index is 0.144. The Hall–Kier alpha value is -1.39. The Bertz CT molecular complexity index is 449. The molecular formula is C16H23NO3. The van der Waals surface area contributed by atoms with E-state index >= 15 is 0 Å². The van der Waals surface area contributed by atoms with Crippen LogP contribution in [0.3, 0.4) is 0 Å². The van der Waals surface area contributed by atoms with Crippen LogP contribution in [0.15, 0.2) is 24.3 Å². The van der Waals surface area contributed by atoms with E-state index in [9.17, 15) is 4.79 Å². The first kappa shape index (κ1) is 15.0. The number of rotatable bonds is 5. The third-order valence-corrected chi connectivity index (χ3v) is 4.17. The monoisotopic (exact) mass is 277 g/mol. The molecule has 1 saturated heterocycles. The van der Waals surface area contributed by atoms with Crippen molar-refractivity contribution in [1.29, 1.82) is 0 Å². The minimum atomic E-state index is -0.786. The average Bonchev–Trinajstić information content (AvgIpc) is 2.46. The number of carbonyl (C=O) groups is 1. The highest BCUT2D eigenvalue weighted by atomic mass is 16.5. The normalized spacial score (nSPS) is 19.5. The van der Waals surface area contributed by atoms with Crippen molar-refractivity contribution in [1.82, 2.24) is 5.32 Å². The molecule has 1 aliphatic rings. The Morgan fingerprint density at radius 2 is 1.95 bits per heavy atom. The fraction of sp³-hybridized carbons (Fsp3) is 0.562. The topological polar surface area (TPSA) is 58.6 Å². The summed E-state index contributed by atoms with van der Waals surface area (Å²) in [5.74, 6) is -1.24. The summed E-state index contributed by atoms with van der Waals surface area (Å²) in [5, 5.41) is 12.6. The van der Waals surface area contributed by atoms with Crippen molar-refractivity contribution in [2.24, 2.45) is 0 Å². The van der Waals surface area contributed by atoms with Crippen molar-refractivity contribution in [3.05, 3.63) is 35.4 Å². The van der Waals surface area contributed by atoms with E-state index in [1.165, 1.54) is 5.56 Å². The van der Waals surface area contributed by atoms with Gasteiger partial charge in [0.1, 0.15) is 0 Å². The summed E-state index contributed by atoms with van der Waals surface area (Å²) in [6.07, 6.45) is 2.06. The average molecular weight is 277 g/mol. The van der Waals surface area contributed by atoms with Crippen LogP contribution in [-0.4, -0.2) is 29.8 Å². The fourth-order valence-electron chi connectivity index (χ4n) is 2.38. The molecule has 0 amide bonds. The Morgan fingerprint density at radius 1 is 1.35 bits per heavy atom. The first-order valence-electron chi connectivity index (χ1n) is 7.15. The van der Waals surface area contributed by atoms with Gasteiger partial charge < -0.3 is 15.2 Å². The van der Waals surface area contributed by atoms with Gasteiger partial charge in [0, 0.05) is 25.3 Å². The Balaban J connectivity index is 1.92. The lowest BCUT2D eigenvalue weighted by atomic mass is 9.92. The second kappa shape index (κ2) is 6.37. The summed E-state index contributed by atoms with van der Waals surface area (Å²) in [6, 6.07) is 7.82. The number of carboxylic acids is 1. The maximum Gasteiger partial charge on any atom is 0.310 e. The molecule has 4 nitrogen and oxygen atoms in total. The van der Waals surface area contributed by atoms with Crippen LogP contribution in [0.25, 0.3) is 0 Å². The number of hydrogen-bond donors (Lipinski definition) is 2. The standard InChI is InChI=1S/C16H23NO3/c1-12(15(18)19)14-5-3-13(4-6-14)11-17-16(2)7-9-20-10-8-16/h3-6,12,17H,7-11H2,1-2H3,(H,18,19). The maximum absolute atomic E-state index is 10.9. The molecule has 0 aliphatic carbocycles. The number of carboxylic acid groups (broad SMARTS) is 1. The van der Waals surface area contributed by atoms with E-state index in [4.69, 9.17) is 9.84 Å². The van der Waals surface area contributed by atoms with E-state index in [0.717, 1.165) is 38.2 Å². The SMILES string of the molecule is CC(C(=O)O)c1ccc(CNC2(C)CCOCC2)cc1. The molecule has 4 heteroatoms. The summed E-state index contributed by atoms with van der Waals surface area (Å²) < 4.78 is 5.39. The number of ether oxygens (including phenoxy) is 1. The maximum atomic E-state index is 10.9. The van der Waals surface area contributed by atoms with E-state index in [0.29, 0.717) is 0 Å². The van der Waals surface area contributed by atoms with Crippen LogP contribution in [0, 0.1) is 0 Å². The molecule has 0 saturated carbocycles. The zero-order valence-corrected chi connectivity index (χ0v) is 12.2. The first-order valence-corrected chi connectivity index (χ1v) is 7.15. The highest BCUT2D eigenvalue weighted by Crippen LogP contribution is 2.21. The van der Waals surface area contributed by atoms with Crippen molar-refractivity contribution >= 4 is 5.97 Å². The van der Waals surface area contributed by atoms with Crippen LogP contribution in [0.5, 0.6) is 0 Å². The van der Waals surface area contributed by atoms with Gasteiger partial charge in [0.15, 0.2) is 0 Å². The lowest BCUT2D eigenvalue weighted by Crippen LogP contribution is -2.46. The summed E-state index contributed by atoms with van der Waals surface area (Å²) in [4.78, 5) is 10.9. The van der Waals surface area contributed by atoms with Crippen molar-refractivity contribution in [2.45, 2.75) is 44.7 Å². The molecule has 2 rings (SSSR count). The van der Waals surface area contributed by atoms with Crippen molar-refractivity contribution in [3.8, 4) is 0 Å². The fourth-order valence-corrected chi connectivity index (χ4v) is 2.38. The molecule has 0 aromatic heterocycles. The van der Waals surface area contributed by atoms with Crippen molar-refractivity contribution in [3.63, 3.8) is 0 Å². The molecular weight excluding hydrogens is 254 g/mol. The molecule has 1 heterocycles. The third kappa shape index (κ3) is 3.81. The molecule has 1 aromatic rings. The summed E-state index contributed by atoms with van der Waals surface area (Å²) in [6.45, 7) is 6.38. The van der Waals surface area contributed by atoms with Crippen molar-refractivity contribution in [2.75, 3.05) is 13.2 Å². The molecule has 0 spiro atoms. The first-order chi connectivity index (χ1) is 9.50. The molecule has 0 radical (unpaired) electrons. The number of benzene rings is 1. The van der Waals surface area contributed by atoms with Gasteiger partial charge in [0.05, 0.1) is 5.92 Å². The molecule has 1 unspecified atom stereocenters. The van der Waals surface area contributed by atoms with E-state index in [1.54, 1.807) is 6.92 Å². The molecule has 1 aliphatic heterocycles. The quantitative estimate of drug-likeness (QED) is 0.868. The Kier molecular flexibility index (Phi) is 4.78. The van der Waals surface area contributed by atoms with Gasteiger partial charge in [-0.1, -0.05) is 24.3 Å². The van der Waals surface area contributed by atoms with Gasteiger partial charge in [-0.25, -0.2) is 0 Å². The van der Waals surface area contributed by atoms with Gasteiger partial charge in [-0.3, -0.25) is 4.79 Å². The van der Waals surface area contributed by atoms with E-state index in [1.807, 2.05) is 24.3 Å². The van der Waals surface area contributed by atoms with E-state index in [2.05, 4.69) is 12.2 Å². The summed E-state index contributed by atoms with van der Waals surface area (Å²) in [5.41, 5.74) is 2.17. The minimum Gasteiger partial charge on any atom is -0.481 e. The number of nitrogens with one attached hydrogen (secondary N) is 1. The van der Waals surface area contributed by atoms with Gasteiger partial charge in [0.2, 0.25) is 0 Å². The van der Waals surface area contributed by atoms with Gasteiger partial charge in [-0.15, -0.1) is 0 Å². The molecule has 20 heavy (non-hydrogen) atoms. The van der Waals surface area contributed by atoms with Gasteiger partial charge >= 0.3 is 5.97 Å². The highest BCUT2D eigenvalue weighted by molar-refractivity contribution is 5.75. The lowest BCUT2D eigenvalue weighted by molar-refractivity contribution is -0.138.